The minimum absolute atomic E-state index is 0.552. The van der Waals surface area contributed by atoms with E-state index in [0.29, 0.717) is 17.9 Å². The molecule has 3 aromatic rings. The highest BCUT2D eigenvalue weighted by Gasteiger charge is 2.04. The lowest BCUT2D eigenvalue weighted by Gasteiger charge is -2.08. The fourth-order valence-electron chi connectivity index (χ4n) is 2.03. The molecule has 0 aliphatic rings. The lowest BCUT2D eigenvalue weighted by molar-refractivity contribution is 0.881. The number of benzene rings is 2. The molecule has 0 saturated heterocycles. The Bertz CT molecular complexity index is 773. The SMILES string of the molecule is N#Cc1ccccc1CNc1cccc(-c2nn[nH]n2)c1. The van der Waals surface area contributed by atoms with E-state index in [0.717, 1.165) is 16.8 Å². The number of hydrogen-bond donors (Lipinski definition) is 2. The van der Waals surface area contributed by atoms with E-state index in [1.54, 1.807) is 0 Å². The lowest BCUT2D eigenvalue weighted by atomic mass is 10.1. The summed E-state index contributed by atoms with van der Waals surface area (Å²) in [5.74, 6) is 0.552. The second-order valence-electron chi connectivity index (χ2n) is 4.44. The van der Waals surface area contributed by atoms with Gasteiger partial charge in [-0.3, -0.25) is 0 Å². The Labute approximate surface area is 121 Å². The molecular formula is C15H12N6. The van der Waals surface area contributed by atoms with E-state index in [2.05, 4.69) is 32.0 Å². The zero-order chi connectivity index (χ0) is 14.5. The first-order valence-electron chi connectivity index (χ1n) is 6.42. The Morgan fingerprint density at radius 3 is 2.86 bits per heavy atom. The number of hydrogen-bond acceptors (Lipinski definition) is 5. The zero-order valence-electron chi connectivity index (χ0n) is 11.1. The Balaban J connectivity index is 1.77. The van der Waals surface area contributed by atoms with Crippen LogP contribution in [0.2, 0.25) is 0 Å². The fraction of sp³-hybridized carbons (Fsp3) is 0.0667. The number of nitrogens with one attached hydrogen (secondary N) is 2. The van der Waals surface area contributed by atoms with Crippen LogP contribution in [0.5, 0.6) is 0 Å². The van der Waals surface area contributed by atoms with Crippen molar-refractivity contribution in [2.24, 2.45) is 0 Å². The molecule has 1 aromatic heterocycles. The van der Waals surface area contributed by atoms with Gasteiger partial charge in [-0.05, 0) is 29.0 Å². The zero-order valence-corrected chi connectivity index (χ0v) is 11.1. The third kappa shape index (κ3) is 2.87. The molecule has 0 amide bonds. The summed E-state index contributed by atoms with van der Waals surface area (Å²) in [6.45, 7) is 0.583. The van der Waals surface area contributed by atoms with Crippen LogP contribution in [0.4, 0.5) is 5.69 Å². The second-order valence-corrected chi connectivity index (χ2v) is 4.44. The Hall–Kier alpha value is -3.20. The van der Waals surface area contributed by atoms with Crippen LogP contribution >= 0.6 is 0 Å². The van der Waals surface area contributed by atoms with Crippen LogP contribution in [-0.4, -0.2) is 20.6 Å². The van der Waals surface area contributed by atoms with E-state index >= 15 is 0 Å². The summed E-state index contributed by atoms with van der Waals surface area (Å²) in [5.41, 5.74) is 3.46. The molecule has 0 radical (unpaired) electrons. The summed E-state index contributed by atoms with van der Waals surface area (Å²) in [5, 5.41) is 26.3. The van der Waals surface area contributed by atoms with Gasteiger partial charge in [-0.15, -0.1) is 10.2 Å². The minimum atomic E-state index is 0.552. The first-order chi connectivity index (χ1) is 10.4. The molecule has 0 saturated carbocycles. The average molecular weight is 276 g/mol. The molecule has 0 atom stereocenters. The number of aromatic amines is 1. The molecule has 0 spiro atoms. The van der Waals surface area contributed by atoms with E-state index in [-0.39, 0.29) is 0 Å². The number of rotatable bonds is 4. The summed E-state index contributed by atoms with van der Waals surface area (Å²) in [6, 6.07) is 17.5. The topological polar surface area (TPSA) is 90.3 Å². The third-order valence-corrected chi connectivity index (χ3v) is 3.09. The van der Waals surface area contributed by atoms with Gasteiger partial charge in [0.15, 0.2) is 0 Å². The van der Waals surface area contributed by atoms with Crippen LogP contribution in [0.25, 0.3) is 11.4 Å². The first kappa shape index (κ1) is 12.8. The van der Waals surface area contributed by atoms with Crippen molar-refractivity contribution >= 4 is 5.69 Å². The molecule has 0 aliphatic carbocycles. The van der Waals surface area contributed by atoms with Gasteiger partial charge in [0.05, 0.1) is 11.6 Å². The summed E-state index contributed by atoms with van der Waals surface area (Å²) < 4.78 is 0. The van der Waals surface area contributed by atoms with Gasteiger partial charge in [0.2, 0.25) is 5.82 Å². The van der Waals surface area contributed by atoms with Crippen LogP contribution in [0, 0.1) is 11.3 Å². The van der Waals surface area contributed by atoms with Crippen LogP contribution in [0.1, 0.15) is 11.1 Å². The lowest BCUT2D eigenvalue weighted by Crippen LogP contribution is -2.01. The highest BCUT2D eigenvalue weighted by atomic mass is 15.5. The van der Waals surface area contributed by atoms with Crippen LogP contribution in [0.15, 0.2) is 48.5 Å². The van der Waals surface area contributed by atoms with E-state index in [9.17, 15) is 0 Å². The van der Waals surface area contributed by atoms with Crippen molar-refractivity contribution in [2.75, 3.05) is 5.32 Å². The normalized spacial score (nSPS) is 10.0. The maximum absolute atomic E-state index is 9.08. The molecule has 21 heavy (non-hydrogen) atoms. The number of tetrazole rings is 1. The van der Waals surface area contributed by atoms with Crippen molar-refractivity contribution in [3.05, 3.63) is 59.7 Å². The molecule has 2 aromatic carbocycles. The number of anilines is 1. The van der Waals surface area contributed by atoms with Crippen molar-refractivity contribution in [1.29, 1.82) is 5.26 Å². The van der Waals surface area contributed by atoms with Gasteiger partial charge >= 0.3 is 0 Å². The predicted octanol–water partition coefficient (Wildman–Crippen LogP) is 2.35. The smallest absolute Gasteiger partial charge is 0.204 e. The van der Waals surface area contributed by atoms with Crippen LogP contribution in [-0.2, 0) is 6.54 Å². The molecule has 0 unspecified atom stereocenters. The number of H-pyrrole nitrogens is 1. The van der Waals surface area contributed by atoms with Gasteiger partial charge in [0.1, 0.15) is 0 Å². The number of nitriles is 1. The number of aromatic nitrogens is 4. The average Bonchev–Trinajstić information content (AvgIpc) is 3.08. The highest BCUT2D eigenvalue weighted by Crippen LogP contribution is 2.19. The second kappa shape index (κ2) is 5.84. The summed E-state index contributed by atoms with van der Waals surface area (Å²) in [6.07, 6.45) is 0. The molecule has 6 nitrogen and oxygen atoms in total. The Kier molecular flexibility index (Phi) is 3.56. The Morgan fingerprint density at radius 2 is 2.05 bits per heavy atom. The maximum Gasteiger partial charge on any atom is 0.204 e. The molecule has 0 bridgehead atoms. The summed E-state index contributed by atoms with van der Waals surface area (Å²) >= 11 is 0. The molecule has 6 heteroatoms. The quantitative estimate of drug-likeness (QED) is 0.763. The molecule has 1 heterocycles. The van der Waals surface area contributed by atoms with Crippen molar-refractivity contribution < 1.29 is 0 Å². The number of nitrogens with zero attached hydrogens (tertiary/aromatic N) is 4. The van der Waals surface area contributed by atoms with Crippen LogP contribution < -0.4 is 5.32 Å². The Morgan fingerprint density at radius 1 is 1.14 bits per heavy atom. The summed E-state index contributed by atoms with van der Waals surface area (Å²) in [7, 11) is 0. The molecule has 102 valence electrons. The summed E-state index contributed by atoms with van der Waals surface area (Å²) in [4.78, 5) is 0. The van der Waals surface area contributed by atoms with Crippen molar-refractivity contribution in [3.8, 4) is 17.5 Å². The highest BCUT2D eigenvalue weighted by molar-refractivity contribution is 5.61. The molecule has 0 aliphatic heterocycles. The van der Waals surface area contributed by atoms with Crippen molar-refractivity contribution in [2.45, 2.75) is 6.54 Å². The largest absolute Gasteiger partial charge is 0.381 e. The van der Waals surface area contributed by atoms with E-state index in [1.807, 2.05) is 48.5 Å². The van der Waals surface area contributed by atoms with E-state index in [4.69, 9.17) is 5.26 Å². The van der Waals surface area contributed by atoms with Gasteiger partial charge < -0.3 is 5.32 Å². The van der Waals surface area contributed by atoms with Gasteiger partial charge in [-0.1, -0.05) is 30.3 Å². The van der Waals surface area contributed by atoms with Gasteiger partial charge in [0.25, 0.3) is 0 Å². The monoisotopic (exact) mass is 276 g/mol. The molecule has 0 fully saturated rings. The van der Waals surface area contributed by atoms with Gasteiger partial charge in [0, 0.05) is 17.8 Å². The predicted molar refractivity (Wildman–Crippen MR) is 78.1 cm³/mol. The van der Waals surface area contributed by atoms with Crippen LogP contribution in [0.3, 0.4) is 0 Å². The van der Waals surface area contributed by atoms with Gasteiger partial charge in [-0.25, -0.2) is 0 Å². The van der Waals surface area contributed by atoms with Crippen molar-refractivity contribution in [3.63, 3.8) is 0 Å². The molecule has 3 rings (SSSR count). The maximum atomic E-state index is 9.08. The standard InChI is InChI=1S/C15H12N6/c16-9-12-4-1-2-5-13(12)10-17-14-7-3-6-11(8-14)15-18-20-21-19-15/h1-8,17H,10H2,(H,18,19,20,21). The van der Waals surface area contributed by atoms with E-state index in [1.165, 1.54) is 0 Å². The first-order valence-corrected chi connectivity index (χ1v) is 6.42. The van der Waals surface area contributed by atoms with Crippen molar-refractivity contribution in [1.82, 2.24) is 20.6 Å². The molecule has 2 N–H and O–H groups in total. The van der Waals surface area contributed by atoms with Gasteiger partial charge in [-0.2, -0.15) is 10.5 Å². The fourth-order valence-corrected chi connectivity index (χ4v) is 2.03. The minimum Gasteiger partial charge on any atom is -0.381 e. The van der Waals surface area contributed by atoms with E-state index < -0.39 is 0 Å². The molecular weight excluding hydrogens is 264 g/mol. The third-order valence-electron chi connectivity index (χ3n) is 3.09.